The van der Waals surface area contributed by atoms with Gasteiger partial charge in [-0.05, 0) is 24.8 Å². The van der Waals surface area contributed by atoms with Crippen LogP contribution in [-0.4, -0.2) is 36.7 Å². The molecule has 3 nitrogen and oxygen atoms in total. The minimum Gasteiger partial charge on any atom is -0.381 e. The second kappa shape index (κ2) is 9.11. The van der Waals surface area contributed by atoms with Crippen molar-refractivity contribution < 1.29 is 9.53 Å². The largest absolute Gasteiger partial charge is 0.381 e. The molecule has 4 heteroatoms. The Morgan fingerprint density at radius 3 is 2.71 bits per heavy atom. The molecule has 1 heterocycles. The Bertz CT molecular complexity index is 418. The van der Waals surface area contributed by atoms with Gasteiger partial charge in [0.15, 0.2) is 0 Å². The van der Waals surface area contributed by atoms with Gasteiger partial charge in [-0.2, -0.15) is 11.8 Å². The zero-order chi connectivity index (χ0) is 14.9. The van der Waals surface area contributed by atoms with Gasteiger partial charge in [0.1, 0.15) is 0 Å². The van der Waals surface area contributed by atoms with E-state index in [2.05, 4.69) is 12.2 Å². The van der Waals surface area contributed by atoms with Crippen molar-refractivity contribution in [2.75, 3.05) is 25.5 Å². The summed E-state index contributed by atoms with van der Waals surface area (Å²) in [6, 6.07) is 10.0. The summed E-state index contributed by atoms with van der Waals surface area (Å²) in [4.78, 5) is 12.3. The van der Waals surface area contributed by atoms with Crippen LogP contribution >= 0.6 is 11.8 Å². The van der Waals surface area contributed by atoms with E-state index in [-0.39, 0.29) is 11.8 Å². The van der Waals surface area contributed by atoms with Crippen LogP contribution in [0, 0.1) is 0 Å². The standard InChI is InChI=1S/C17H25NO2S/c1-2-16(14-6-4-3-5-7-14)17(19)18-10-13-21-15-8-11-20-12-9-15/h3-7,15-16H,2,8-13H2,1H3,(H,18,19). The molecular weight excluding hydrogens is 282 g/mol. The quantitative estimate of drug-likeness (QED) is 0.786. The SMILES string of the molecule is CCC(C(=O)NCCSC1CCOCC1)c1ccccc1. The number of nitrogens with one attached hydrogen (secondary N) is 1. The Morgan fingerprint density at radius 1 is 1.33 bits per heavy atom. The summed E-state index contributed by atoms with van der Waals surface area (Å²) in [5.41, 5.74) is 1.11. The second-order valence-corrected chi connectivity index (χ2v) is 6.75. The number of thioether (sulfide) groups is 1. The molecule has 2 rings (SSSR count). The number of amides is 1. The molecule has 0 spiro atoms. The lowest BCUT2D eigenvalue weighted by molar-refractivity contribution is -0.122. The van der Waals surface area contributed by atoms with E-state index in [1.165, 1.54) is 0 Å². The minimum atomic E-state index is -0.0284. The zero-order valence-corrected chi connectivity index (χ0v) is 13.5. The monoisotopic (exact) mass is 307 g/mol. The van der Waals surface area contributed by atoms with Crippen molar-refractivity contribution in [3.05, 3.63) is 35.9 Å². The number of carbonyl (C=O) groups excluding carboxylic acids is 1. The van der Waals surface area contributed by atoms with Gasteiger partial charge in [-0.3, -0.25) is 4.79 Å². The maximum atomic E-state index is 12.3. The summed E-state index contributed by atoms with van der Waals surface area (Å²) in [5.74, 6) is 1.11. The molecule has 1 aromatic rings. The van der Waals surface area contributed by atoms with Gasteiger partial charge in [-0.1, -0.05) is 37.3 Å². The Hall–Kier alpha value is -1.00. The van der Waals surface area contributed by atoms with Crippen molar-refractivity contribution in [2.24, 2.45) is 0 Å². The molecule has 1 unspecified atom stereocenters. The highest BCUT2D eigenvalue weighted by atomic mass is 32.2. The summed E-state index contributed by atoms with van der Waals surface area (Å²) in [5, 5.41) is 3.78. The molecule has 21 heavy (non-hydrogen) atoms. The molecule has 1 amide bonds. The lowest BCUT2D eigenvalue weighted by Crippen LogP contribution is -2.31. The fraction of sp³-hybridized carbons (Fsp3) is 0.588. The third-order valence-corrected chi connectivity index (χ3v) is 5.23. The number of benzene rings is 1. The molecule has 1 aliphatic rings. The fourth-order valence-corrected chi connectivity index (χ4v) is 3.70. The molecule has 1 aromatic carbocycles. The molecule has 1 saturated heterocycles. The number of hydrogen-bond donors (Lipinski definition) is 1. The maximum Gasteiger partial charge on any atom is 0.227 e. The molecule has 0 bridgehead atoms. The molecular formula is C17H25NO2S. The van der Waals surface area contributed by atoms with Crippen LogP contribution in [0.4, 0.5) is 0 Å². The number of carbonyl (C=O) groups is 1. The first-order valence-electron chi connectivity index (χ1n) is 7.83. The molecule has 0 radical (unpaired) electrons. The Kier molecular flexibility index (Phi) is 7.10. The van der Waals surface area contributed by atoms with Gasteiger partial charge in [-0.25, -0.2) is 0 Å². The average molecular weight is 307 g/mol. The van der Waals surface area contributed by atoms with Crippen molar-refractivity contribution in [2.45, 2.75) is 37.4 Å². The third kappa shape index (κ3) is 5.36. The van der Waals surface area contributed by atoms with Gasteiger partial charge in [0, 0.05) is 30.8 Å². The first-order chi connectivity index (χ1) is 10.3. The topological polar surface area (TPSA) is 38.3 Å². The van der Waals surface area contributed by atoms with Crippen molar-refractivity contribution >= 4 is 17.7 Å². The summed E-state index contributed by atoms with van der Waals surface area (Å²) in [6.07, 6.45) is 3.11. The molecule has 1 N–H and O–H groups in total. The molecule has 1 fully saturated rings. The van der Waals surface area contributed by atoms with E-state index in [1.54, 1.807) is 0 Å². The van der Waals surface area contributed by atoms with Crippen LogP contribution in [0.15, 0.2) is 30.3 Å². The maximum absolute atomic E-state index is 12.3. The summed E-state index contributed by atoms with van der Waals surface area (Å²) in [6.45, 7) is 4.59. The first kappa shape index (κ1) is 16.4. The normalized spacial score (nSPS) is 17.4. The van der Waals surface area contributed by atoms with Gasteiger partial charge in [-0.15, -0.1) is 0 Å². The van der Waals surface area contributed by atoms with E-state index in [0.717, 1.165) is 50.3 Å². The molecule has 0 saturated carbocycles. The van der Waals surface area contributed by atoms with Crippen LogP contribution in [-0.2, 0) is 9.53 Å². The molecule has 1 aliphatic heterocycles. The van der Waals surface area contributed by atoms with Crippen molar-refractivity contribution in [3.8, 4) is 0 Å². The van der Waals surface area contributed by atoms with Crippen LogP contribution in [0.5, 0.6) is 0 Å². The van der Waals surface area contributed by atoms with Crippen LogP contribution in [0.3, 0.4) is 0 Å². The smallest absolute Gasteiger partial charge is 0.227 e. The molecule has 0 aliphatic carbocycles. The highest BCUT2D eigenvalue weighted by Gasteiger charge is 2.18. The van der Waals surface area contributed by atoms with E-state index in [0.29, 0.717) is 5.25 Å². The fourth-order valence-electron chi connectivity index (χ4n) is 2.62. The predicted octanol–water partition coefficient (Wildman–Crippen LogP) is 3.21. The van der Waals surface area contributed by atoms with E-state index < -0.39 is 0 Å². The van der Waals surface area contributed by atoms with Crippen LogP contribution in [0.25, 0.3) is 0 Å². The molecule has 0 aromatic heterocycles. The second-order valence-electron chi connectivity index (χ2n) is 5.35. The summed E-state index contributed by atoms with van der Waals surface area (Å²) >= 11 is 1.96. The Labute approximate surface area is 131 Å². The van der Waals surface area contributed by atoms with E-state index in [4.69, 9.17) is 4.74 Å². The van der Waals surface area contributed by atoms with Gasteiger partial charge in [0.25, 0.3) is 0 Å². The Balaban J connectivity index is 1.70. The average Bonchev–Trinajstić information content (AvgIpc) is 2.54. The van der Waals surface area contributed by atoms with Gasteiger partial charge in [0.05, 0.1) is 5.92 Å². The summed E-state index contributed by atoms with van der Waals surface area (Å²) in [7, 11) is 0. The lowest BCUT2D eigenvalue weighted by Gasteiger charge is -2.21. The summed E-state index contributed by atoms with van der Waals surface area (Å²) < 4.78 is 5.36. The highest BCUT2D eigenvalue weighted by Crippen LogP contribution is 2.22. The van der Waals surface area contributed by atoms with Gasteiger partial charge >= 0.3 is 0 Å². The predicted molar refractivity (Wildman–Crippen MR) is 88.8 cm³/mol. The number of hydrogen-bond acceptors (Lipinski definition) is 3. The van der Waals surface area contributed by atoms with Crippen molar-refractivity contribution in [1.82, 2.24) is 5.32 Å². The minimum absolute atomic E-state index is 0.0284. The zero-order valence-electron chi connectivity index (χ0n) is 12.7. The van der Waals surface area contributed by atoms with Crippen LogP contribution in [0.2, 0.25) is 0 Å². The van der Waals surface area contributed by atoms with E-state index >= 15 is 0 Å². The van der Waals surface area contributed by atoms with Crippen molar-refractivity contribution in [1.29, 1.82) is 0 Å². The molecule has 116 valence electrons. The van der Waals surface area contributed by atoms with Crippen LogP contribution < -0.4 is 5.32 Å². The molecule has 1 atom stereocenters. The lowest BCUT2D eigenvalue weighted by atomic mass is 9.96. The van der Waals surface area contributed by atoms with Gasteiger partial charge in [0.2, 0.25) is 5.91 Å². The van der Waals surface area contributed by atoms with Crippen molar-refractivity contribution in [3.63, 3.8) is 0 Å². The van der Waals surface area contributed by atoms with E-state index in [1.807, 2.05) is 42.1 Å². The highest BCUT2D eigenvalue weighted by molar-refractivity contribution is 7.99. The first-order valence-corrected chi connectivity index (χ1v) is 8.88. The van der Waals surface area contributed by atoms with E-state index in [9.17, 15) is 4.79 Å². The van der Waals surface area contributed by atoms with Crippen LogP contribution in [0.1, 0.15) is 37.7 Å². The van der Waals surface area contributed by atoms with Gasteiger partial charge < -0.3 is 10.1 Å². The third-order valence-electron chi connectivity index (χ3n) is 3.85. The Morgan fingerprint density at radius 2 is 2.05 bits per heavy atom. The number of rotatable bonds is 7. The number of ether oxygens (including phenoxy) is 1.